The number of alkyl halides is 3. The summed E-state index contributed by atoms with van der Waals surface area (Å²) < 4.78 is 40.2. The summed E-state index contributed by atoms with van der Waals surface area (Å²) in [5.74, 6) is 0. The van der Waals surface area contributed by atoms with Crippen molar-refractivity contribution in [1.82, 2.24) is 15.1 Å². The highest BCUT2D eigenvalue weighted by Gasteiger charge is 2.28. The molecule has 2 aliphatic heterocycles. The minimum absolute atomic E-state index is 0.187. The zero-order chi connectivity index (χ0) is 13.7. The maximum atomic E-state index is 11.8. The number of hydrogen-bond donors (Lipinski definition) is 1. The quantitative estimate of drug-likeness (QED) is 0.720. The van der Waals surface area contributed by atoms with Gasteiger partial charge in [0, 0.05) is 58.5 Å². The first-order valence-electron chi connectivity index (χ1n) is 6.86. The van der Waals surface area contributed by atoms with E-state index in [0.717, 1.165) is 45.8 Å². The zero-order valence-electron chi connectivity index (χ0n) is 11.1. The molecule has 4 nitrogen and oxygen atoms in total. The first-order valence-corrected chi connectivity index (χ1v) is 6.86. The summed E-state index contributed by atoms with van der Waals surface area (Å²) in [6, 6.07) is 0.692. The van der Waals surface area contributed by atoms with E-state index in [4.69, 9.17) is 0 Å². The number of piperazine rings is 1. The van der Waals surface area contributed by atoms with Gasteiger partial charge in [0.2, 0.25) is 0 Å². The fourth-order valence-electron chi connectivity index (χ4n) is 2.46. The van der Waals surface area contributed by atoms with Crippen LogP contribution in [-0.2, 0) is 4.74 Å². The summed E-state index contributed by atoms with van der Waals surface area (Å²) in [6.45, 7) is 6.21. The number of ether oxygens (including phenoxy) is 1. The lowest BCUT2D eigenvalue weighted by Gasteiger charge is -2.43. The van der Waals surface area contributed by atoms with Crippen molar-refractivity contribution in [3.63, 3.8) is 0 Å². The van der Waals surface area contributed by atoms with Crippen LogP contribution in [0.4, 0.5) is 13.2 Å². The van der Waals surface area contributed by atoms with Gasteiger partial charge in [0.1, 0.15) is 6.61 Å². The molecule has 1 N–H and O–H groups in total. The van der Waals surface area contributed by atoms with Gasteiger partial charge in [-0.25, -0.2) is 0 Å². The molecule has 0 aliphatic carbocycles. The van der Waals surface area contributed by atoms with Crippen molar-refractivity contribution in [1.29, 1.82) is 0 Å². The maximum Gasteiger partial charge on any atom is 0.411 e. The van der Waals surface area contributed by atoms with Gasteiger partial charge in [0.05, 0.1) is 0 Å². The average molecular weight is 281 g/mol. The van der Waals surface area contributed by atoms with Gasteiger partial charge >= 0.3 is 6.18 Å². The third-order valence-electron chi connectivity index (χ3n) is 3.71. The molecular formula is C12H22F3N3O. The predicted octanol–water partition coefficient (Wildman–Crippen LogP) is 0.545. The largest absolute Gasteiger partial charge is 0.411 e. The summed E-state index contributed by atoms with van der Waals surface area (Å²) in [6.07, 6.45) is -3.54. The maximum absolute atomic E-state index is 11.8. The van der Waals surface area contributed by atoms with E-state index < -0.39 is 12.8 Å². The molecule has 0 radical (unpaired) electrons. The van der Waals surface area contributed by atoms with Crippen molar-refractivity contribution >= 4 is 0 Å². The molecule has 2 saturated heterocycles. The number of rotatable bonds is 6. The van der Waals surface area contributed by atoms with E-state index in [1.54, 1.807) is 0 Å². The summed E-state index contributed by atoms with van der Waals surface area (Å²) in [4.78, 5) is 4.80. The molecule has 2 aliphatic rings. The van der Waals surface area contributed by atoms with E-state index in [9.17, 15) is 13.2 Å². The van der Waals surface area contributed by atoms with E-state index in [0.29, 0.717) is 12.5 Å². The van der Waals surface area contributed by atoms with Crippen LogP contribution in [0.1, 0.15) is 6.42 Å². The monoisotopic (exact) mass is 281 g/mol. The second kappa shape index (κ2) is 6.88. The Kier molecular flexibility index (Phi) is 5.44. The highest BCUT2D eigenvalue weighted by molar-refractivity contribution is 4.87. The first kappa shape index (κ1) is 15.0. The number of nitrogens with zero attached hydrogens (tertiary/aromatic N) is 2. The molecule has 0 aromatic rings. The van der Waals surface area contributed by atoms with Gasteiger partial charge in [0.15, 0.2) is 0 Å². The van der Waals surface area contributed by atoms with Crippen LogP contribution < -0.4 is 5.32 Å². The lowest BCUT2D eigenvalue weighted by molar-refractivity contribution is -0.174. The summed E-state index contributed by atoms with van der Waals surface area (Å²) >= 11 is 0. The van der Waals surface area contributed by atoms with Crippen LogP contribution in [-0.4, -0.2) is 81.0 Å². The Hall–Kier alpha value is -0.370. The Morgan fingerprint density at radius 3 is 2.32 bits per heavy atom. The smallest absolute Gasteiger partial charge is 0.372 e. The van der Waals surface area contributed by atoms with Crippen molar-refractivity contribution in [2.45, 2.75) is 18.6 Å². The molecular weight excluding hydrogens is 259 g/mol. The Bertz CT molecular complexity index is 263. The lowest BCUT2D eigenvalue weighted by atomic mass is 10.1. The van der Waals surface area contributed by atoms with Crippen LogP contribution in [0.2, 0.25) is 0 Å². The molecule has 0 aromatic heterocycles. The standard InChI is InChI=1S/C12H22F3N3O/c13-12(14,15)10-19-7-1-2-17-3-5-18(6-4-17)11-8-16-9-11/h11,16H,1-10H2. The number of halogens is 3. The van der Waals surface area contributed by atoms with Crippen molar-refractivity contribution in [2.24, 2.45) is 0 Å². The van der Waals surface area contributed by atoms with Gasteiger partial charge in [-0.05, 0) is 6.42 Å². The summed E-state index contributed by atoms with van der Waals surface area (Å²) in [5, 5.41) is 3.27. The summed E-state index contributed by atoms with van der Waals surface area (Å²) in [7, 11) is 0. The highest BCUT2D eigenvalue weighted by atomic mass is 19.4. The molecule has 2 rings (SSSR count). The van der Waals surface area contributed by atoms with Crippen molar-refractivity contribution in [2.75, 3.05) is 59.0 Å². The number of nitrogens with one attached hydrogen (secondary N) is 1. The second-order valence-electron chi connectivity index (χ2n) is 5.21. The Balaban J connectivity index is 1.49. The van der Waals surface area contributed by atoms with E-state index in [1.807, 2.05) is 0 Å². The van der Waals surface area contributed by atoms with Gasteiger partial charge < -0.3 is 15.0 Å². The van der Waals surface area contributed by atoms with Crippen molar-refractivity contribution < 1.29 is 17.9 Å². The van der Waals surface area contributed by atoms with Gasteiger partial charge in [-0.1, -0.05) is 0 Å². The normalized spacial score (nSPS) is 23.5. The molecule has 2 heterocycles. The van der Waals surface area contributed by atoms with Gasteiger partial charge in [-0.2, -0.15) is 13.2 Å². The first-order chi connectivity index (χ1) is 9.04. The molecule has 0 bridgehead atoms. The lowest BCUT2D eigenvalue weighted by Crippen LogP contribution is -2.61. The van der Waals surface area contributed by atoms with E-state index in [-0.39, 0.29) is 6.61 Å². The fourth-order valence-corrected chi connectivity index (χ4v) is 2.46. The minimum atomic E-state index is -4.21. The second-order valence-corrected chi connectivity index (χ2v) is 5.21. The van der Waals surface area contributed by atoms with Crippen molar-refractivity contribution in [3.8, 4) is 0 Å². The topological polar surface area (TPSA) is 27.7 Å². The molecule has 19 heavy (non-hydrogen) atoms. The minimum Gasteiger partial charge on any atom is -0.372 e. The number of hydrogen-bond acceptors (Lipinski definition) is 4. The zero-order valence-corrected chi connectivity index (χ0v) is 11.1. The van der Waals surface area contributed by atoms with Gasteiger partial charge in [-0.15, -0.1) is 0 Å². The molecule has 0 spiro atoms. The molecule has 0 aromatic carbocycles. The molecule has 2 fully saturated rings. The molecule has 0 atom stereocenters. The Morgan fingerprint density at radius 2 is 1.79 bits per heavy atom. The van der Waals surface area contributed by atoms with Crippen LogP contribution in [0.3, 0.4) is 0 Å². The van der Waals surface area contributed by atoms with Crippen LogP contribution in [0, 0.1) is 0 Å². The van der Waals surface area contributed by atoms with E-state index in [1.165, 1.54) is 0 Å². The van der Waals surface area contributed by atoms with E-state index >= 15 is 0 Å². The fraction of sp³-hybridized carbons (Fsp3) is 1.00. The van der Waals surface area contributed by atoms with Crippen LogP contribution in [0.15, 0.2) is 0 Å². The Morgan fingerprint density at radius 1 is 1.11 bits per heavy atom. The molecule has 112 valence electrons. The van der Waals surface area contributed by atoms with E-state index in [2.05, 4.69) is 19.9 Å². The predicted molar refractivity (Wildman–Crippen MR) is 66.2 cm³/mol. The molecule has 0 saturated carbocycles. The third-order valence-corrected chi connectivity index (χ3v) is 3.71. The van der Waals surface area contributed by atoms with Crippen LogP contribution in [0.5, 0.6) is 0 Å². The highest BCUT2D eigenvalue weighted by Crippen LogP contribution is 2.14. The molecule has 7 heteroatoms. The average Bonchev–Trinajstić information content (AvgIpc) is 2.27. The Labute approximate surface area is 111 Å². The van der Waals surface area contributed by atoms with Crippen LogP contribution >= 0.6 is 0 Å². The summed E-state index contributed by atoms with van der Waals surface area (Å²) in [5.41, 5.74) is 0. The SMILES string of the molecule is FC(F)(F)COCCCN1CCN(C2CNC2)CC1. The molecule has 0 amide bonds. The van der Waals surface area contributed by atoms with Crippen LogP contribution in [0.25, 0.3) is 0 Å². The van der Waals surface area contributed by atoms with Gasteiger partial charge in [0.25, 0.3) is 0 Å². The van der Waals surface area contributed by atoms with Gasteiger partial charge in [-0.3, -0.25) is 4.90 Å². The third kappa shape index (κ3) is 5.25. The molecule has 0 unspecified atom stereocenters. The van der Waals surface area contributed by atoms with Crippen molar-refractivity contribution in [3.05, 3.63) is 0 Å².